The highest BCUT2D eigenvalue weighted by atomic mass is 16.6. The van der Waals surface area contributed by atoms with Crippen molar-refractivity contribution in [1.82, 2.24) is 4.90 Å². The Kier molecular flexibility index (Phi) is 5.04. The summed E-state index contributed by atoms with van der Waals surface area (Å²) in [5, 5.41) is 9.05. The minimum Gasteiger partial charge on any atom is -0.481 e. The number of carboxylic acids is 1. The number of aliphatic carboxylic acids is 1. The average Bonchev–Trinajstić information content (AvgIpc) is 3.22. The molecule has 1 saturated heterocycles. The van der Waals surface area contributed by atoms with Crippen molar-refractivity contribution in [1.29, 1.82) is 0 Å². The van der Waals surface area contributed by atoms with Crippen molar-refractivity contribution < 1.29 is 28.6 Å². The van der Waals surface area contributed by atoms with Gasteiger partial charge in [-0.15, -0.1) is 0 Å². The van der Waals surface area contributed by atoms with Gasteiger partial charge in [-0.2, -0.15) is 0 Å². The first-order valence-electron chi connectivity index (χ1n) is 7.95. The fraction of sp³-hybridized carbons (Fsp3) is 0.333. The van der Waals surface area contributed by atoms with Crippen LogP contribution in [0.5, 0.6) is 11.7 Å². The summed E-state index contributed by atoms with van der Waals surface area (Å²) in [6.45, 7) is 0.336. The van der Waals surface area contributed by atoms with E-state index in [1.165, 1.54) is 11.0 Å². The van der Waals surface area contributed by atoms with Crippen LogP contribution < -0.4 is 4.74 Å². The Bertz CT molecular complexity index is 741. The molecule has 1 aliphatic heterocycles. The zero-order valence-electron chi connectivity index (χ0n) is 13.8. The van der Waals surface area contributed by atoms with Crippen molar-refractivity contribution in [3.05, 3.63) is 48.2 Å². The van der Waals surface area contributed by atoms with Gasteiger partial charge in [-0.3, -0.25) is 9.59 Å². The lowest BCUT2D eigenvalue weighted by Crippen LogP contribution is -2.37. The molecule has 2 unspecified atom stereocenters. The first kappa shape index (κ1) is 17.0. The number of hydrogen-bond donors (Lipinski definition) is 1. The fourth-order valence-corrected chi connectivity index (χ4v) is 2.92. The number of para-hydroxylation sites is 1. The maximum atomic E-state index is 12.7. The van der Waals surface area contributed by atoms with Gasteiger partial charge in [-0.25, -0.2) is 0 Å². The summed E-state index contributed by atoms with van der Waals surface area (Å²) < 4.78 is 16.3. The summed E-state index contributed by atoms with van der Waals surface area (Å²) in [6.07, 6.45) is 0.186. The van der Waals surface area contributed by atoms with Crippen molar-refractivity contribution in [3.63, 3.8) is 0 Å². The normalized spacial score (nSPS) is 19.8. The number of carboxylic acid groups (broad SMARTS) is 1. The molecule has 1 amide bonds. The second kappa shape index (κ2) is 7.40. The Labute approximate surface area is 144 Å². The molecule has 0 aliphatic carbocycles. The third-order valence-electron chi connectivity index (χ3n) is 4.13. The molecule has 0 spiro atoms. The zero-order valence-corrected chi connectivity index (χ0v) is 13.8. The molecule has 132 valence electrons. The van der Waals surface area contributed by atoms with Crippen molar-refractivity contribution in [3.8, 4) is 11.7 Å². The molecule has 2 atom stereocenters. The second-order valence-corrected chi connectivity index (χ2v) is 5.84. The molecule has 1 fully saturated rings. The van der Waals surface area contributed by atoms with Gasteiger partial charge in [-0.05, 0) is 24.6 Å². The molecule has 7 heteroatoms. The Morgan fingerprint density at radius 1 is 1.24 bits per heavy atom. The van der Waals surface area contributed by atoms with Crippen LogP contribution in [0.2, 0.25) is 0 Å². The Morgan fingerprint density at radius 3 is 2.68 bits per heavy atom. The molecular weight excluding hydrogens is 326 g/mol. The molecule has 0 radical (unpaired) electrons. The number of nitrogens with zero attached hydrogens (tertiary/aromatic N) is 1. The van der Waals surface area contributed by atoms with Gasteiger partial charge in [0.2, 0.25) is 0 Å². The lowest BCUT2D eigenvalue weighted by molar-refractivity contribution is -0.138. The molecule has 1 N–H and O–H groups in total. The number of amides is 1. The topological polar surface area (TPSA) is 89.2 Å². The van der Waals surface area contributed by atoms with Crippen LogP contribution in [0.4, 0.5) is 0 Å². The third-order valence-corrected chi connectivity index (χ3v) is 4.13. The van der Waals surface area contributed by atoms with Crippen LogP contribution in [0.15, 0.2) is 46.9 Å². The summed E-state index contributed by atoms with van der Waals surface area (Å²) in [6, 6.07) is 11.7. The molecule has 1 aromatic heterocycles. The third kappa shape index (κ3) is 4.00. The van der Waals surface area contributed by atoms with Crippen LogP contribution in [-0.2, 0) is 9.53 Å². The van der Waals surface area contributed by atoms with E-state index in [0.717, 1.165) is 0 Å². The highest BCUT2D eigenvalue weighted by Crippen LogP contribution is 2.28. The van der Waals surface area contributed by atoms with Crippen LogP contribution in [0.3, 0.4) is 0 Å². The van der Waals surface area contributed by atoms with E-state index in [2.05, 4.69) is 0 Å². The van der Waals surface area contributed by atoms with E-state index >= 15 is 0 Å². The summed E-state index contributed by atoms with van der Waals surface area (Å²) in [5.74, 6) is -0.411. The van der Waals surface area contributed by atoms with Crippen LogP contribution in [0, 0.1) is 0 Å². The van der Waals surface area contributed by atoms with Crippen LogP contribution in [0.1, 0.15) is 23.4 Å². The van der Waals surface area contributed by atoms with Gasteiger partial charge in [0.25, 0.3) is 11.9 Å². The van der Waals surface area contributed by atoms with Crippen LogP contribution >= 0.6 is 0 Å². The van der Waals surface area contributed by atoms with Crippen molar-refractivity contribution in [2.24, 2.45) is 0 Å². The van der Waals surface area contributed by atoms with E-state index in [4.69, 9.17) is 19.0 Å². The van der Waals surface area contributed by atoms with Gasteiger partial charge in [0.05, 0.1) is 12.5 Å². The minimum atomic E-state index is -0.952. The number of methoxy groups -OCH3 is 1. The molecule has 7 nitrogen and oxygen atoms in total. The van der Waals surface area contributed by atoms with Crippen LogP contribution in [-0.4, -0.2) is 47.7 Å². The van der Waals surface area contributed by atoms with E-state index in [-0.39, 0.29) is 30.1 Å². The average molecular weight is 345 g/mol. The predicted octanol–water partition coefficient (Wildman–Crippen LogP) is 2.78. The van der Waals surface area contributed by atoms with Crippen molar-refractivity contribution >= 4 is 11.9 Å². The van der Waals surface area contributed by atoms with E-state index in [0.29, 0.717) is 18.7 Å². The number of benzene rings is 1. The predicted molar refractivity (Wildman–Crippen MR) is 87.7 cm³/mol. The Hall–Kier alpha value is -2.80. The molecule has 2 heterocycles. The summed E-state index contributed by atoms with van der Waals surface area (Å²) in [4.78, 5) is 25.2. The zero-order chi connectivity index (χ0) is 17.8. The van der Waals surface area contributed by atoms with Crippen LogP contribution in [0.25, 0.3) is 0 Å². The highest BCUT2D eigenvalue weighted by Gasteiger charge is 2.38. The molecule has 0 saturated carbocycles. The SMILES string of the molecule is COC1CC(CC(=O)O)N(C(=O)c2ccc(Oc3ccccc3)o2)C1. The first-order chi connectivity index (χ1) is 12.1. The van der Waals surface area contributed by atoms with E-state index in [9.17, 15) is 9.59 Å². The highest BCUT2D eigenvalue weighted by molar-refractivity contribution is 5.92. The number of ether oxygens (including phenoxy) is 2. The summed E-state index contributed by atoms with van der Waals surface area (Å²) >= 11 is 0. The molecule has 1 aromatic carbocycles. The van der Waals surface area contributed by atoms with Gasteiger partial charge in [0, 0.05) is 25.8 Å². The minimum absolute atomic E-state index is 0.109. The van der Waals surface area contributed by atoms with Crippen molar-refractivity contribution in [2.45, 2.75) is 25.0 Å². The van der Waals surface area contributed by atoms with E-state index in [1.54, 1.807) is 25.3 Å². The molecule has 1 aliphatic rings. The Morgan fingerprint density at radius 2 is 2.00 bits per heavy atom. The maximum Gasteiger partial charge on any atom is 0.305 e. The molecular formula is C18H19NO6. The number of furan rings is 1. The van der Waals surface area contributed by atoms with Crippen molar-refractivity contribution in [2.75, 3.05) is 13.7 Å². The van der Waals surface area contributed by atoms with Gasteiger partial charge in [0.1, 0.15) is 5.75 Å². The number of hydrogen-bond acceptors (Lipinski definition) is 5. The summed E-state index contributed by atoms with van der Waals surface area (Å²) in [5.41, 5.74) is 0. The molecule has 0 bridgehead atoms. The lowest BCUT2D eigenvalue weighted by Gasteiger charge is -2.21. The van der Waals surface area contributed by atoms with Gasteiger partial charge in [-0.1, -0.05) is 18.2 Å². The Balaban J connectivity index is 1.72. The smallest absolute Gasteiger partial charge is 0.305 e. The number of rotatable bonds is 6. The number of carbonyl (C=O) groups excluding carboxylic acids is 1. The standard InChI is InChI=1S/C18H19NO6/c1-23-14-9-12(10-16(20)21)19(11-14)18(22)15-7-8-17(25-15)24-13-5-3-2-4-6-13/h2-8,12,14H,9-11H2,1H3,(H,20,21). The quantitative estimate of drug-likeness (QED) is 0.866. The summed E-state index contributed by atoms with van der Waals surface area (Å²) in [7, 11) is 1.55. The number of carbonyl (C=O) groups is 2. The largest absolute Gasteiger partial charge is 0.481 e. The lowest BCUT2D eigenvalue weighted by atomic mass is 10.1. The fourth-order valence-electron chi connectivity index (χ4n) is 2.92. The maximum absolute atomic E-state index is 12.7. The second-order valence-electron chi connectivity index (χ2n) is 5.84. The first-order valence-corrected chi connectivity index (χ1v) is 7.95. The van der Waals surface area contributed by atoms with Gasteiger partial charge < -0.3 is 23.9 Å². The monoisotopic (exact) mass is 345 g/mol. The molecule has 2 aromatic rings. The molecule has 25 heavy (non-hydrogen) atoms. The number of likely N-dealkylation sites (tertiary alicyclic amines) is 1. The van der Waals surface area contributed by atoms with E-state index < -0.39 is 12.0 Å². The molecule has 3 rings (SSSR count). The van der Waals surface area contributed by atoms with E-state index in [1.807, 2.05) is 18.2 Å². The van der Waals surface area contributed by atoms with Gasteiger partial charge >= 0.3 is 5.97 Å². The van der Waals surface area contributed by atoms with Gasteiger partial charge in [0.15, 0.2) is 5.76 Å².